The first-order valence-electron chi connectivity index (χ1n) is 6.77. The molecule has 22 heavy (non-hydrogen) atoms. The number of hydrogen-bond donors (Lipinski definition) is 3. The third-order valence-electron chi connectivity index (χ3n) is 4.03. The highest BCUT2D eigenvalue weighted by molar-refractivity contribution is 5.92. The highest BCUT2D eigenvalue weighted by Gasteiger charge is 2.55. The van der Waals surface area contributed by atoms with Crippen molar-refractivity contribution in [3.8, 4) is 5.75 Å². The van der Waals surface area contributed by atoms with E-state index in [1.165, 1.54) is 0 Å². The predicted octanol–water partition coefficient (Wildman–Crippen LogP) is -0.328. The lowest BCUT2D eigenvalue weighted by atomic mass is 9.98. The highest BCUT2D eigenvalue weighted by atomic mass is 16.5. The van der Waals surface area contributed by atoms with E-state index in [4.69, 9.17) is 10.5 Å². The SMILES string of the molecule is NC(=O)[C@@H]1C[C@]2(CN1C(=O)O)Oc1ccccc1CNC2=O. The first kappa shape index (κ1) is 14.2. The summed E-state index contributed by atoms with van der Waals surface area (Å²) in [5.41, 5.74) is 4.61. The van der Waals surface area contributed by atoms with Crippen molar-refractivity contribution in [2.45, 2.75) is 24.6 Å². The van der Waals surface area contributed by atoms with Crippen LogP contribution in [0.1, 0.15) is 12.0 Å². The van der Waals surface area contributed by atoms with Gasteiger partial charge in [0.2, 0.25) is 11.5 Å². The van der Waals surface area contributed by atoms with Crippen LogP contribution in [0.2, 0.25) is 0 Å². The van der Waals surface area contributed by atoms with Crippen molar-refractivity contribution in [2.24, 2.45) is 5.73 Å². The highest BCUT2D eigenvalue weighted by Crippen LogP contribution is 2.35. The molecular weight excluding hydrogens is 290 g/mol. The number of nitrogens with zero attached hydrogens (tertiary/aromatic N) is 1. The second-order valence-corrected chi connectivity index (χ2v) is 5.42. The number of carboxylic acid groups (broad SMARTS) is 1. The molecule has 116 valence electrons. The molecule has 0 bridgehead atoms. The van der Waals surface area contributed by atoms with Crippen LogP contribution >= 0.6 is 0 Å². The molecule has 1 aromatic rings. The van der Waals surface area contributed by atoms with Crippen LogP contribution in [0.5, 0.6) is 5.75 Å². The summed E-state index contributed by atoms with van der Waals surface area (Å²) in [5.74, 6) is -0.747. The molecule has 8 heteroatoms. The number of nitrogens with two attached hydrogens (primary N) is 1. The van der Waals surface area contributed by atoms with E-state index in [1.54, 1.807) is 12.1 Å². The Morgan fingerprint density at radius 3 is 2.77 bits per heavy atom. The molecule has 2 atom stereocenters. The summed E-state index contributed by atoms with van der Waals surface area (Å²) in [6.07, 6.45) is -1.41. The lowest BCUT2D eigenvalue weighted by Gasteiger charge is -2.26. The van der Waals surface area contributed by atoms with Gasteiger partial charge in [-0.05, 0) is 6.07 Å². The number of primary amides is 1. The molecule has 1 fully saturated rings. The first-order chi connectivity index (χ1) is 10.4. The van der Waals surface area contributed by atoms with Crippen molar-refractivity contribution >= 4 is 17.9 Å². The predicted molar refractivity (Wildman–Crippen MR) is 74.0 cm³/mol. The van der Waals surface area contributed by atoms with Crippen LogP contribution in [0.3, 0.4) is 0 Å². The first-order valence-corrected chi connectivity index (χ1v) is 6.77. The number of ether oxygens (including phenoxy) is 1. The van der Waals surface area contributed by atoms with Gasteiger partial charge in [0.25, 0.3) is 5.91 Å². The molecule has 0 aliphatic carbocycles. The number of carbonyl (C=O) groups excluding carboxylic acids is 2. The van der Waals surface area contributed by atoms with Gasteiger partial charge in [-0.25, -0.2) is 4.79 Å². The zero-order chi connectivity index (χ0) is 15.9. The molecule has 2 aliphatic heterocycles. The van der Waals surface area contributed by atoms with Crippen LogP contribution < -0.4 is 15.8 Å². The van der Waals surface area contributed by atoms with Gasteiger partial charge >= 0.3 is 6.09 Å². The van der Waals surface area contributed by atoms with Gasteiger partial charge in [0.1, 0.15) is 11.8 Å². The molecule has 0 unspecified atom stereocenters. The minimum absolute atomic E-state index is 0.102. The van der Waals surface area contributed by atoms with Crippen LogP contribution in [0.4, 0.5) is 4.79 Å². The van der Waals surface area contributed by atoms with Crippen molar-refractivity contribution in [3.05, 3.63) is 29.8 Å². The fourth-order valence-corrected chi connectivity index (χ4v) is 2.91. The maximum Gasteiger partial charge on any atom is 0.408 e. The minimum atomic E-state index is -1.44. The molecule has 0 saturated carbocycles. The Balaban J connectivity index is 2.00. The summed E-state index contributed by atoms with van der Waals surface area (Å²) in [4.78, 5) is 36.1. The van der Waals surface area contributed by atoms with E-state index in [-0.39, 0.29) is 19.5 Å². The van der Waals surface area contributed by atoms with Crippen LogP contribution in [-0.2, 0) is 16.1 Å². The number of likely N-dealkylation sites (tertiary alicyclic amines) is 1. The number of fused-ring (bicyclic) bond motifs is 1. The molecule has 1 saturated heterocycles. The van der Waals surface area contributed by atoms with Gasteiger partial charge in [0.15, 0.2) is 0 Å². The molecule has 2 heterocycles. The average molecular weight is 305 g/mol. The number of benzene rings is 1. The standard InChI is InChI=1S/C14H15N3O5/c15-11(18)9-5-14(7-17(9)13(20)21)12(19)16-6-8-3-1-2-4-10(8)22-14/h1-4,9H,5-7H2,(H2,15,18)(H,16,19)(H,20,21)/t9-,14+/m0/s1. The zero-order valence-corrected chi connectivity index (χ0v) is 11.6. The van der Waals surface area contributed by atoms with E-state index in [2.05, 4.69) is 5.32 Å². The number of hydrogen-bond acceptors (Lipinski definition) is 4. The normalized spacial score (nSPS) is 26.8. The third kappa shape index (κ3) is 2.12. The monoisotopic (exact) mass is 305 g/mol. The molecule has 1 spiro atoms. The molecule has 0 aromatic heterocycles. The minimum Gasteiger partial charge on any atom is -0.475 e. The lowest BCUT2D eigenvalue weighted by molar-refractivity contribution is -0.135. The summed E-state index contributed by atoms with van der Waals surface area (Å²) in [6, 6.07) is 6.01. The van der Waals surface area contributed by atoms with Crippen molar-refractivity contribution < 1.29 is 24.2 Å². The summed E-state index contributed by atoms with van der Waals surface area (Å²) in [6.45, 7) is 0.0428. The molecule has 3 amide bonds. The number of carbonyl (C=O) groups is 3. The zero-order valence-electron chi connectivity index (χ0n) is 11.6. The van der Waals surface area contributed by atoms with Gasteiger partial charge in [-0.2, -0.15) is 0 Å². The van der Waals surface area contributed by atoms with Gasteiger partial charge < -0.3 is 20.9 Å². The van der Waals surface area contributed by atoms with Crippen molar-refractivity contribution in [2.75, 3.05) is 6.54 Å². The molecule has 3 rings (SSSR count). The summed E-state index contributed by atoms with van der Waals surface area (Å²) >= 11 is 0. The van der Waals surface area contributed by atoms with E-state index in [9.17, 15) is 19.5 Å². The Hall–Kier alpha value is -2.77. The molecule has 4 N–H and O–H groups in total. The molecule has 8 nitrogen and oxygen atoms in total. The topological polar surface area (TPSA) is 122 Å². The Morgan fingerprint density at radius 1 is 1.41 bits per heavy atom. The van der Waals surface area contributed by atoms with E-state index < -0.39 is 29.6 Å². The van der Waals surface area contributed by atoms with Crippen LogP contribution in [0.25, 0.3) is 0 Å². The van der Waals surface area contributed by atoms with Crippen molar-refractivity contribution in [1.82, 2.24) is 10.2 Å². The summed E-state index contributed by atoms with van der Waals surface area (Å²) in [5, 5.41) is 11.9. The summed E-state index contributed by atoms with van der Waals surface area (Å²) < 4.78 is 5.85. The van der Waals surface area contributed by atoms with Crippen LogP contribution in [-0.4, -0.2) is 46.1 Å². The quantitative estimate of drug-likeness (QED) is 0.656. The van der Waals surface area contributed by atoms with Crippen LogP contribution in [0.15, 0.2) is 24.3 Å². The Kier molecular flexibility index (Phi) is 3.16. The Morgan fingerprint density at radius 2 is 2.14 bits per heavy atom. The number of rotatable bonds is 1. The lowest BCUT2D eigenvalue weighted by Crippen LogP contribution is -2.51. The largest absolute Gasteiger partial charge is 0.475 e. The Bertz CT molecular complexity index is 638. The molecular formula is C14H15N3O5. The van der Waals surface area contributed by atoms with Crippen LogP contribution in [0, 0.1) is 0 Å². The Labute approximate surface area is 125 Å². The van der Waals surface area contributed by atoms with E-state index in [0.717, 1.165) is 10.5 Å². The van der Waals surface area contributed by atoms with Crippen molar-refractivity contribution in [3.63, 3.8) is 0 Å². The molecule has 0 radical (unpaired) electrons. The maximum atomic E-state index is 12.4. The van der Waals surface area contributed by atoms with Gasteiger partial charge in [-0.1, -0.05) is 18.2 Å². The summed E-state index contributed by atoms with van der Waals surface area (Å²) in [7, 11) is 0. The third-order valence-corrected chi connectivity index (χ3v) is 4.03. The number of nitrogens with one attached hydrogen (secondary N) is 1. The van der Waals surface area contributed by atoms with E-state index >= 15 is 0 Å². The van der Waals surface area contributed by atoms with Crippen molar-refractivity contribution in [1.29, 1.82) is 0 Å². The number of para-hydroxylation sites is 1. The van der Waals surface area contributed by atoms with E-state index in [1.807, 2.05) is 12.1 Å². The number of amides is 3. The fourth-order valence-electron chi connectivity index (χ4n) is 2.91. The molecule has 1 aromatic carbocycles. The molecule has 2 aliphatic rings. The smallest absolute Gasteiger partial charge is 0.408 e. The van der Waals surface area contributed by atoms with Gasteiger partial charge in [-0.15, -0.1) is 0 Å². The van der Waals surface area contributed by atoms with Gasteiger partial charge in [0, 0.05) is 18.5 Å². The fraction of sp³-hybridized carbons (Fsp3) is 0.357. The second kappa shape index (κ2) is 4.90. The average Bonchev–Trinajstić information content (AvgIpc) is 2.81. The van der Waals surface area contributed by atoms with E-state index in [0.29, 0.717) is 5.75 Å². The maximum absolute atomic E-state index is 12.4. The van der Waals surface area contributed by atoms with Gasteiger partial charge in [0.05, 0.1) is 6.54 Å². The second-order valence-electron chi connectivity index (χ2n) is 5.42. The van der Waals surface area contributed by atoms with Gasteiger partial charge in [-0.3, -0.25) is 14.5 Å².